The average molecular weight is 337 g/mol. The maximum Gasteiger partial charge on any atom is 0.227 e. The van der Waals surface area contributed by atoms with Gasteiger partial charge in [0.1, 0.15) is 0 Å². The molecule has 5 heteroatoms. The Balaban J connectivity index is 1.62. The summed E-state index contributed by atoms with van der Waals surface area (Å²) >= 11 is 1.68. The number of rotatable bonds is 4. The number of thioether (sulfide) groups is 1. The number of imidazole rings is 1. The predicted molar refractivity (Wildman–Crippen MR) is 98.4 cm³/mol. The van der Waals surface area contributed by atoms with E-state index in [2.05, 4.69) is 28.2 Å². The minimum Gasteiger partial charge on any atom is -0.333 e. The van der Waals surface area contributed by atoms with Gasteiger partial charge >= 0.3 is 0 Å². The van der Waals surface area contributed by atoms with Gasteiger partial charge in [0.15, 0.2) is 5.16 Å². The van der Waals surface area contributed by atoms with E-state index in [0.717, 1.165) is 40.6 Å². The molecule has 3 aromatic rings. The van der Waals surface area contributed by atoms with E-state index in [1.165, 1.54) is 11.1 Å². The number of carbonyl (C=O) groups is 1. The van der Waals surface area contributed by atoms with Gasteiger partial charge in [-0.2, -0.15) is 0 Å². The third kappa shape index (κ3) is 2.69. The van der Waals surface area contributed by atoms with E-state index < -0.39 is 0 Å². The molecule has 0 atom stereocenters. The Morgan fingerprint density at radius 1 is 1.17 bits per heavy atom. The molecule has 1 aliphatic rings. The third-order valence-electron chi connectivity index (χ3n) is 4.43. The van der Waals surface area contributed by atoms with Crippen LogP contribution < -0.4 is 4.90 Å². The van der Waals surface area contributed by atoms with Gasteiger partial charge in [-0.1, -0.05) is 42.1 Å². The minimum atomic E-state index is 0.228. The standard InChI is InChI=1S/C19H19N3OS/c1-2-22-17(23)11-10-13-6-5-7-14(18(13)22)12-24-19-20-15-8-3-4-9-16(15)21-19/h3-9H,2,10-12H2,1H3,(H,20,21). The molecule has 0 bridgehead atoms. The molecule has 0 radical (unpaired) electrons. The summed E-state index contributed by atoms with van der Waals surface area (Å²) in [5, 5.41) is 0.916. The molecule has 0 aliphatic carbocycles. The number of anilines is 1. The van der Waals surface area contributed by atoms with E-state index in [9.17, 15) is 4.79 Å². The lowest BCUT2D eigenvalue weighted by Gasteiger charge is -2.30. The minimum absolute atomic E-state index is 0.228. The van der Waals surface area contributed by atoms with Crippen molar-refractivity contribution in [3.05, 3.63) is 53.6 Å². The van der Waals surface area contributed by atoms with Crippen molar-refractivity contribution in [1.29, 1.82) is 0 Å². The van der Waals surface area contributed by atoms with Gasteiger partial charge in [0.2, 0.25) is 5.91 Å². The highest BCUT2D eigenvalue weighted by atomic mass is 32.2. The monoisotopic (exact) mass is 337 g/mol. The summed E-state index contributed by atoms with van der Waals surface area (Å²) in [5.74, 6) is 1.03. The van der Waals surface area contributed by atoms with E-state index in [-0.39, 0.29) is 5.91 Å². The van der Waals surface area contributed by atoms with Crippen LogP contribution >= 0.6 is 11.8 Å². The quantitative estimate of drug-likeness (QED) is 0.728. The van der Waals surface area contributed by atoms with Crippen molar-refractivity contribution in [3.8, 4) is 0 Å². The number of para-hydroxylation sites is 3. The van der Waals surface area contributed by atoms with Crippen LogP contribution in [0.2, 0.25) is 0 Å². The van der Waals surface area contributed by atoms with E-state index in [1.807, 2.05) is 36.1 Å². The molecule has 1 aliphatic heterocycles. The first-order valence-corrected chi connectivity index (χ1v) is 9.23. The van der Waals surface area contributed by atoms with Crippen LogP contribution in [0.25, 0.3) is 11.0 Å². The highest BCUT2D eigenvalue weighted by molar-refractivity contribution is 7.98. The lowest BCUT2D eigenvalue weighted by Crippen LogP contribution is -2.35. The van der Waals surface area contributed by atoms with Gasteiger partial charge < -0.3 is 9.88 Å². The Morgan fingerprint density at radius 2 is 2.04 bits per heavy atom. The number of amides is 1. The lowest BCUT2D eigenvalue weighted by molar-refractivity contribution is -0.118. The van der Waals surface area contributed by atoms with E-state index in [0.29, 0.717) is 6.42 Å². The first-order chi connectivity index (χ1) is 11.8. The zero-order valence-electron chi connectivity index (χ0n) is 13.6. The molecule has 1 amide bonds. The van der Waals surface area contributed by atoms with Crippen LogP contribution in [0.5, 0.6) is 0 Å². The van der Waals surface area contributed by atoms with Crippen molar-refractivity contribution in [2.45, 2.75) is 30.7 Å². The van der Waals surface area contributed by atoms with Crippen LogP contribution in [-0.2, 0) is 17.0 Å². The number of hydrogen-bond acceptors (Lipinski definition) is 3. The molecule has 0 unspecified atom stereocenters. The molecule has 0 saturated carbocycles. The van der Waals surface area contributed by atoms with Gasteiger partial charge in [-0.25, -0.2) is 4.98 Å². The zero-order chi connectivity index (χ0) is 16.5. The molecule has 2 heterocycles. The Hall–Kier alpha value is -2.27. The lowest BCUT2D eigenvalue weighted by atomic mass is 9.98. The molecule has 0 fully saturated rings. The topological polar surface area (TPSA) is 49.0 Å². The Bertz CT molecular complexity index is 870. The van der Waals surface area contributed by atoms with Crippen molar-refractivity contribution < 1.29 is 4.79 Å². The normalized spacial score (nSPS) is 14.2. The summed E-state index contributed by atoms with van der Waals surface area (Å²) in [6.45, 7) is 2.76. The second-order valence-electron chi connectivity index (χ2n) is 5.91. The molecular formula is C19H19N3OS. The summed E-state index contributed by atoms with van der Waals surface area (Å²) in [7, 11) is 0. The molecule has 2 aromatic carbocycles. The van der Waals surface area contributed by atoms with Gasteiger partial charge in [-0.05, 0) is 36.6 Å². The van der Waals surface area contributed by atoms with Crippen molar-refractivity contribution in [2.75, 3.05) is 11.4 Å². The fourth-order valence-electron chi connectivity index (χ4n) is 3.29. The number of benzene rings is 2. The maximum atomic E-state index is 12.2. The molecule has 4 nitrogen and oxygen atoms in total. The fraction of sp³-hybridized carbons (Fsp3) is 0.263. The van der Waals surface area contributed by atoms with Crippen LogP contribution in [-0.4, -0.2) is 22.4 Å². The van der Waals surface area contributed by atoms with Crippen molar-refractivity contribution in [1.82, 2.24) is 9.97 Å². The molecule has 24 heavy (non-hydrogen) atoms. The predicted octanol–water partition coefficient (Wildman–Crippen LogP) is 4.15. The number of nitrogens with one attached hydrogen (secondary N) is 1. The zero-order valence-corrected chi connectivity index (χ0v) is 14.4. The molecule has 1 N–H and O–H groups in total. The molecule has 0 spiro atoms. The SMILES string of the molecule is CCN1C(=O)CCc2cccc(CSc3nc4ccccc4[nH]3)c21. The molecular weight excluding hydrogens is 318 g/mol. The molecule has 4 rings (SSSR count). The Labute approximate surface area is 145 Å². The number of aryl methyl sites for hydroxylation is 1. The van der Waals surface area contributed by atoms with Gasteiger partial charge in [0.05, 0.1) is 16.7 Å². The Morgan fingerprint density at radius 3 is 2.88 bits per heavy atom. The first kappa shape index (κ1) is 15.3. The van der Waals surface area contributed by atoms with Crippen LogP contribution in [0.1, 0.15) is 24.5 Å². The van der Waals surface area contributed by atoms with Gasteiger partial charge in [-0.3, -0.25) is 4.79 Å². The smallest absolute Gasteiger partial charge is 0.227 e. The number of nitrogens with zero attached hydrogens (tertiary/aromatic N) is 2. The van der Waals surface area contributed by atoms with Crippen LogP contribution in [0.4, 0.5) is 5.69 Å². The van der Waals surface area contributed by atoms with E-state index >= 15 is 0 Å². The summed E-state index contributed by atoms with van der Waals surface area (Å²) in [4.78, 5) is 22.1. The Kier molecular flexibility index (Phi) is 4.02. The second-order valence-corrected chi connectivity index (χ2v) is 6.87. The van der Waals surface area contributed by atoms with Crippen molar-refractivity contribution in [2.24, 2.45) is 0 Å². The summed E-state index contributed by atoms with van der Waals surface area (Å²) < 4.78 is 0. The van der Waals surface area contributed by atoms with Crippen LogP contribution in [0, 0.1) is 0 Å². The molecule has 122 valence electrons. The van der Waals surface area contributed by atoms with Gasteiger partial charge in [0, 0.05) is 18.7 Å². The fourth-order valence-corrected chi connectivity index (χ4v) is 4.16. The molecule has 1 aromatic heterocycles. The summed E-state index contributed by atoms with van der Waals surface area (Å²) in [6.07, 6.45) is 1.45. The third-order valence-corrected chi connectivity index (χ3v) is 5.35. The van der Waals surface area contributed by atoms with E-state index in [4.69, 9.17) is 0 Å². The summed E-state index contributed by atoms with van der Waals surface area (Å²) in [6, 6.07) is 14.4. The highest BCUT2D eigenvalue weighted by Crippen LogP contribution is 2.34. The highest BCUT2D eigenvalue weighted by Gasteiger charge is 2.25. The maximum absolute atomic E-state index is 12.2. The van der Waals surface area contributed by atoms with Gasteiger partial charge in [-0.15, -0.1) is 0 Å². The van der Waals surface area contributed by atoms with Crippen molar-refractivity contribution in [3.63, 3.8) is 0 Å². The van der Waals surface area contributed by atoms with Gasteiger partial charge in [0.25, 0.3) is 0 Å². The number of hydrogen-bond donors (Lipinski definition) is 1. The van der Waals surface area contributed by atoms with Crippen LogP contribution in [0.15, 0.2) is 47.6 Å². The number of aromatic amines is 1. The first-order valence-electron chi connectivity index (χ1n) is 8.25. The van der Waals surface area contributed by atoms with Crippen molar-refractivity contribution >= 4 is 34.4 Å². The average Bonchev–Trinajstić information content (AvgIpc) is 3.03. The van der Waals surface area contributed by atoms with E-state index in [1.54, 1.807) is 11.8 Å². The number of aromatic nitrogens is 2. The number of H-pyrrole nitrogens is 1. The number of fused-ring (bicyclic) bond motifs is 2. The largest absolute Gasteiger partial charge is 0.333 e. The van der Waals surface area contributed by atoms with Crippen LogP contribution in [0.3, 0.4) is 0 Å². The summed E-state index contributed by atoms with van der Waals surface area (Å²) in [5.41, 5.74) is 5.63. The number of carbonyl (C=O) groups excluding carboxylic acids is 1. The molecule has 0 saturated heterocycles. The second kappa shape index (κ2) is 6.32.